The number of ether oxygens (including phenoxy) is 1. The van der Waals surface area contributed by atoms with E-state index in [4.69, 9.17) is 4.74 Å². The number of thioether (sulfide) groups is 1. The summed E-state index contributed by atoms with van der Waals surface area (Å²) in [6.45, 7) is 2.49. The fourth-order valence-electron chi connectivity index (χ4n) is 1.39. The van der Waals surface area contributed by atoms with Gasteiger partial charge in [-0.2, -0.15) is 11.8 Å². The summed E-state index contributed by atoms with van der Waals surface area (Å²) in [5, 5.41) is -0.299. The number of amides is 1. The predicted octanol–water partition coefficient (Wildman–Crippen LogP) is 0.953. The lowest BCUT2D eigenvalue weighted by atomic mass is 10.3. The molecule has 0 bridgehead atoms. The molecule has 0 aromatic carbocycles. The number of hydrogen-bond acceptors (Lipinski definition) is 5. The van der Waals surface area contributed by atoms with Crippen molar-refractivity contribution in [3.05, 3.63) is 0 Å². The minimum absolute atomic E-state index is 0.183. The van der Waals surface area contributed by atoms with Crippen molar-refractivity contribution in [2.75, 3.05) is 32.8 Å². The Hall–Kier alpha value is -0.270. The van der Waals surface area contributed by atoms with Gasteiger partial charge in [-0.3, -0.25) is 4.79 Å². The molecule has 0 fully saturated rings. The summed E-state index contributed by atoms with van der Waals surface area (Å²) in [4.78, 5) is 12.0. The SMILES string of the molecule is CCC(SC)C(=O)N(CCCOC)S(C)(=O)=O. The van der Waals surface area contributed by atoms with Crippen molar-refractivity contribution in [3.8, 4) is 0 Å². The Bertz CT molecular complexity index is 325. The summed E-state index contributed by atoms with van der Waals surface area (Å²) >= 11 is 1.37. The molecule has 1 atom stereocenters. The third kappa shape index (κ3) is 5.74. The molecular weight excluding hydrogens is 262 g/mol. The number of sulfonamides is 1. The Morgan fingerprint density at radius 2 is 2.06 bits per heavy atom. The van der Waals surface area contributed by atoms with E-state index in [0.717, 1.165) is 10.6 Å². The quantitative estimate of drug-likeness (QED) is 0.621. The lowest BCUT2D eigenvalue weighted by Crippen LogP contribution is -2.42. The highest BCUT2D eigenvalue weighted by Crippen LogP contribution is 2.16. The Kier molecular flexibility index (Phi) is 7.82. The van der Waals surface area contributed by atoms with Gasteiger partial charge in [-0.25, -0.2) is 12.7 Å². The van der Waals surface area contributed by atoms with Crippen molar-refractivity contribution < 1.29 is 17.9 Å². The van der Waals surface area contributed by atoms with Crippen LogP contribution in [-0.2, 0) is 19.6 Å². The van der Waals surface area contributed by atoms with E-state index in [-0.39, 0.29) is 17.7 Å². The van der Waals surface area contributed by atoms with Crippen LogP contribution < -0.4 is 0 Å². The number of carbonyl (C=O) groups excluding carboxylic acids is 1. The van der Waals surface area contributed by atoms with Crippen LogP contribution in [0.4, 0.5) is 0 Å². The number of hydrogen-bond donors (Lipinski definition) is 0. The van der Waals surface area contributed by atoms with E-state index in [1.807, 2.05) is 13.2 Å². The number of carbonyl (C=O) groups is 1. The first kappa shape index (κ1) is 16.7. The molecule has 1 amide bonds. The molecule has 0 aliphatic carbocycles. The highest BCUT2D eigenvalue weighted by molar-refractivity contribution is 8.00. The van der Waals surface area contributed by atoms with Gasteiger partial charge in [0.1, 0.15) is 0 Å². The fourth-order valence-corrected chi connectivity index (χ4v) is 3.04. The third-order valence-corrected chi connectivity index (χ3v) is 4.55. The molecule has 0 aromatic rings. The summed E-state index contributed by atoms with van der Waals surface area (Å²) < 4.78 is 28.9. The van der Waals surface area contributed by atoms with Crippen molar-refractivity contribution in [3.63, 3.8) is 0 Å². The lowest BCUT2D eigenvalue weighted by molar-refractivity contribution is -0.126. The largest absolute Gasteiger partial charge is 0.385 e. The van der Waals surface area contributed by atoms with E-state index in [9.17, 15) is 13.2 Å². The average Bonchev–Trinajstić information content (AvgIpc) is 2.24. The minimum Gasteiger partial charge on any atom is -0.385 e. The second-order valence-corrected chi connectivity index (χ2v) is 6.60. The maximum atomic E-state index is 12.0. The molecule has 0 saturated carbocycles. The van der Waals surface area contributed by atoms with Gasteiger partial charge in [-0.15, -0.1) is 0 Å². The predicted molar refractivity (Wildman–Crippen MR) is 70.6 cm³/mol. The van der Waals surface area contributed by atoms with Crippen LogP contribution in [0, 0.1) is 0 Å². The first-order valence-electron chi connectivity index (χ1n) is 5.41. The van der Waals surface area contributed by atoms with Gasteiger partial charge in [-0.05, 0) is 19.1 Å². The van der Waals surface area contributed by atoms with Crippen LogP contribution in [0.25, 0.3) is 0 Å². The summed E-state index contributed by atoms with van der Waals surface area (Å²) in [7, 11) is -1.95. The Morgan fingerprint density at radius 1 is 1.47 bits per heavy atom. The molecule has 1 unspecified atom stereocenters. The molecule has 0 heterocycles. The summed E-state index contributed by atoms with van der Waals surface area (Å²) in [6.07, 6.45) is 4.00. The van der Waals surface area contributed by atoms with Gasteiger partial charge in [0.15, 0.2) is 0 Å². The zero-order chi connectivity index (χ0) is 13.5. The van der Waals surface area contributed by atoms with Gasteiger partial charge >= 0.3 is 0 Å². The van der Waals surface area contributed by atoms with E-state index in [1.165, 1.54) is 11.8 Å². The van der Waals surface area contributed by atoms with Crippen LogP contribution in [0.3, 0.4) is 0 Å². The van der Waals surface area contributed by atoms with E-state index < -0.39 is 10.0 Å². The van der Waals surface area contributed by atoms with Gasteiger partial charge in [0.25, 0.3) is 0 Å². The fraction of sp³-hybridized carbons (Fsp3) is 0.900. The van der Waals surface area contributed by atoms with Crippen molar-refractivity contribution in [1.29, 1.82) is 0 Å². The molecule has 17 heavy (non-hydrogen) atoms. The maximum Gasteiger partial charge on any atom is 0.249 e. The number of methoxy groups -OCH3 is 1. The number of nitrogens with zero attached hydrogens (tertiary/aromatic N) is 1. The molecular formula is C10H21NO4S2. The third-order valence-electron chi connectivity index (χ3n) is 2.29. The van der Waals surface area contributed by atoms with E-state index in [1.54, 1.807) is 7.11 Å². The first-order chi connectivity index (χ1) is 7.88. The summed E-state index contributed by atoms with van der Waals surface area (Å²) in [6, 6.07) is 0. The zero-order valence-corrected chi connectivity index (χ0v) is 12.4. The Labute approximate surface area is 108 Å². The molecule has 0 aliphatic heterocycles. The average molecular weight is 283 g/mol. The van der Waals surface area contributed by atoms with Gasteiger partial charge in [-0.1, -0.05) is 6.92 Å². The zero-order valence-electron chi connectivity index (χ0n) is 10.8. The van der Waals surface area contributed by atoms with Crippen molar-refractivity contribution in [2.24, 2.45) is 0 Å². The van der Waals surface area contributed by atoms with Gasteiger partial charge in [0.2, 0.25) is 15.9 Å². The highest BCUT2D eigenvalue weighted by Gasteiger charge is 2.28. The molecule has 0 spiro atoms. The summed E-state index contributed by atoms with van der Waals surface area (Å²) in [5.74, 6) is -0.335. The van der Waals surface area contributed by atoms with Crippen LogP contribution >= 0.6 is 11.8 Å². The molecule has 0 saturated heterocycles. The molecule has 0 aromatic heterocycles. The molecule has 5 nitrogen and oxygen atoms in total. The minimum atomic E-state index is -3.49. The second kappa shape index (κ2) is 7.94. The molecule has 7 heteroatoms. The monoisotopic (exact) mass is 283 g/mol. The summed E-state index contributed by atoms with van der Waals surface area (Å²) in [5.41, 5.74) is 0. The van der Waals surface area contributed by atoms with Crippen LogP contribution in [0.5, 0.6) is 0 Å². The van der Waals surface area contributed by atoms with E-state index in [2.05, 4.69) is 0 Å². The van der Waals surface area contributed by atoms with Crippen LogP contribution in [0.15, 0.2) is 0 Å². The van der Waals surface area contributed by atoms with Crippen LogP contribution in [-0.4, -0.2) is 56.7 Å². The second-order valence-electron chi connectivity index (χ2n) is 3.65. The standard InChI is InChI=1S/C10H21NO4S2/c1-5-9(16-3)10(12)11(17(4,13)14)7-6-8-15-2/h9H,5-8H2,1-4H3. The number of rotatable bonds is 8. The van der Waals surface area contributed by atoms with E-state index in [0.29, 0.717) is 19.4 Å². The molecule has 102 valence electrons. The first-order valence-corrected chi connectivity index (χ1v) is 8.55. The van der Waals surface area contributed by atoms with Gasteiger partial charge < -0.3 is 4.74 Å². The normalized spacial score (nSPS) is 13.4. The smallest absolute Gasteiger partial charge is 0.249 e. The Morgan fingerprint density at radius 3 is 2.41 bits per heavy atom. The molecule has 0 N–H and O–H groups in total. The van der Waals surface area contributed by atoms with Gasteiger partial charge in [0, 0.05) is 20.3 Å². The Balaban J connectivity index is 4.75. The molecule has 0 aliphatic rings. The molecule has 0 radical (unpaired) electrons. The molecule has 0 rings (SSSR count). The van der Waals surface area contributed by atoms with Crippen molar-refractivity contribution in [2.45, 2.75) is 25.0 Å². The topological polar surface area (TPSA) is 63.7 Å². The lowest BCUT2D eigenvalue weighted by Gasteiger charge is -2.23. The van der Waals surface area contributed by atoms with Gasteiger partial charge in [0.05, 0.1) is 11.5 Å². The van der Waals surface area contributed by atoms with E-state index >= 15 is 0 Å². The van der Waals surface area contributed by atoms with Crippen molar-refractivity contribution >= 4 is 27.7 Å². The van der Waals surface area contributed by atoms with Crippen molar-refractivity contribution in [1.82, 2.24) is 4.31 Å². The van der Waals surface area contributed by atoms with Crippen LogP contribution in [0.2, 0.25) is 0 Å². The highest BCUT2D eigenvalue weighted by atomic mass is 32.2. The van der Waals surface area contributed by atoms with Crippen LogP contribution in [0.1, 0.15) is 19.8 Å². The maximum absolute atomic E-state index is 12.0.